The summed E-state index contributed by atoms with van der Waals surface area (Å²) in [5, 5.41) is 0. The first-order valence-electron chi connectivity index (χ1n) is 5.47. The third-order valence-corrected chi connectivity index (χ3v) is 2.54. The number of rotatable bonds is 3. The molecule has 5 nitrogen and oxygen atoms in total. The van der Waals surface area contributed by atoms with Gasteiger partial charge in [-0.3, -0.25) is 0 Å². The smallest absolute Gasteiger partial charge is 0.319 e. The summed E-state index contributed by atoms with van der Waals surface area (Å²) < 4.78 is 5.39. The van der Waals surface area contributed by atoms with Crippen LogP contribution in [0.1, 0.15) is 13.3 Å². The van der Waals surface area contributed by atoms with Crippen molar-refractivity contribution in [3.8, 4) is 0 Å². The predicted octanol–water partition coefficient (Wildman–Crippen LogP) is 0.108. The molecule has 0 aromatic heterocycles. The summed E-state index contributed by atoms with van der Waals surface area (Å²) >= 11 is 0. The molecule has 0 aromatic rings. The molecule has 1 saturated heterocycles. The number of amides is 2. The average Bonchev–Trinajstić information content (AvgIpc) is 2.24. The number of urea groups is 1. The standard InChI is InChI=1S/C10H21N3O2/c1-9-8-13(6-7-15-9)10(14)12(2)5-3-4-11/h9H,3-8,11H2,1-2H3. The predicted molar refractivity (Wildman–Crippen MR) is 58.7 cm³/mol. The molecule has 1 heterocycles. The van der Waals surface area contributed by atoms with E-state index in [1.165, 1.54) is 0 Å². The largest absolute Gasteiger partial charge is 0.375 e. The molecule has 1 unspecified atom stereocenters. The molecule has 88 valence electrons. The highest BCUT2D eigenvalue weighted by Gasteiger charge is 2.23. The maximum atomic E-state index is 11.9. The summed E-state index contributed by atoms with van der Waals surface area (Å²) in [5.41, 5.74) is 5.41. The van der Waals surface area contributed by atoms with Gasteiger partial charge in [0.2, 0.25) is 0 Å². The van der Waals surface area contributed by atoms with Gasteiger partial charge in [-0.25, -0.2) is 4.79 Å². The van der Waals surface area contributed by atoms with Gasteiger partial charge >= 0.3 is 6.03 Å². The zero-order valence-corrected chi connectivity index (χ0v) is 9.61. The topological polar surface area (TPSA) is 58.8 Å². The van der Waals surface area contributed by atoms with Gasteiger partial charge in [-0.1, -0.05) is 0 Å². The van der Waals surface area contributed by atoms with Crippen molar-refractivity contribution in [3.63, 3.8) is 0 Å². The SMILES string of the molecule is CC1CN(C(=O)N(C)CCCN)CCO1. The van der Waals surface area contributed by atoms with Crippen LogP contribution in [0.2, 0.25) is 0 Å². The molecule has 1 fully saturated rings. The quantitative estimate of drug-likeness (QED) is 0.727. The van der Waals surface area contributed by atoms with Crippen molar-refractivity contribution in [2.75, 3.05) is 39.8 Å². The van der Waals surface area contributed by atoms with Gasteiger partial charge in [0.15, 0.2) is 0 Å². The van der Waals surface area contributed by atoms with Gasteiger partial charge in [-0.05, 0) is 19.9 Å². The monoisotopic (exact) mass is 215 g/mol. The van der Waals surface area contributed by atoms with E-state index in [0.29, 0.717) is 26.2 Å². The van der Waals surface area contributed by atoms with Crippen molar-refractivity contribution < 1.29 is 9.53 Å². The summed E-state index contributed by atoms with van der Waals surface area (Å²) in [6.07, 6.45) is 0.993. The molecule has 0 spiro atoms. The van der Waals surface area contributed by atoms with E-state index in [1.807, 2.05) is 18.9 Å². The molecule has 0 saturated carbocycles. The lowest BCUT2D eigenvalue weighted by Crippen LogP contribution is -2.49. The molecule has 0 radical (unpaired) electrons. The van der Waals surface area contributed by atoms with Crippen LogP contribution in [0.5, 0.6) is 0 Å². The lowest BCUT2D eigenvalue weighted by Gasteiger charge is -2.34. The van der Waals surface area contributed by atoms with Gasteiger partial charge in [-0.2, -0.15) is 0 Å². The van der Waals surface area contributed by atoms with E-state index in [9.17, 15) is 4.79 Å². The van der Waals surface area contributed by atoms with Gasteiger partial charge in [-0.15, -0.1) is 0 Å². The molecule has 1 aliphatic heterocycles. The minimum absolute atomic E-state index is 0.0820. The second-order valence-electron chi connectivity index (χ2n) is 3.97. The highest BCUT2D eigenvalue weighted by atomic mass is 16.5. The fourth-order valence-corrected chi connectivity index (χ4v) is 1.66. The first-order valence-corrected chi connectivity index (χ1v) is 5.47. The number of nitrogens with two attached hydrogens (primary N) is 1. The zero-order valence-electron chi connectivity index (χ0n) is 9.61. The Balaban J connectivity index is 2.37. The van der Waals surface area contributed by atoms with Crippen molar-refractivity contribution in [3.05, 3.63) is 0 Å². The Kier molecular flexibility index (Phi) is 4.84. The van der Waals surface area contributed by atoms with Crippen molar-refractivity contribution in [2.45, 2.75) is 19.4 Å². The second-order valence-corrected chi connectivity index (χ2v) is 3.97. The van der Waals surface area contributed by atoms with E-state index in [0.717, 1.165) is 13.0 Å². The molecule has 2 N–H and O–H groups in total. The van der Waals surface area contributed by atoms with Gasteiger partial charge in [0.05, 0.1) is 12.7 Å². The Bertz CT molecular complexity index is 211. The van der Waals surface area contributed by atoms with Crippen molar-refractivity contribution in [1.82, 2.24) is 9.80 Å². The molecule has 0 aromatic carbocycles. The lowest BCUT2D eigenvalue weighted by molar-refractivity contribution is -0.00811. The van der Waals surface area contributed by atoms with Crippen LogP contribution in [0.25, 0.3) is 0 Å². The maximum Gasteiger partial charge on any atom is 0.319 e. The average molecular weight is 215 g/mol. The van der Waals surface area contributed by atoms with E-state index in [-0.39, 0.29) is 12.1 Å². The summed E-state index contributed by atoms with van der Waals surface area (Å²) in [4.78, 5) is 15.5. The fourth-order valence-electron chi connectivity index (χ4n) is 1.66. The Morgan fingerprint density at radius 1 is 1.67 bits per heavy atom. The maximum absolute atomic E-state index is 11.9. The Labute approximate surface area is 91.2 Å². The third-order valence-electron chi connectivity index (χ3n) is 2.54. The van der Waals surface area contributed by atoms with Crippen LogP contribution in [0.4, 0.5) is 4.79 Å². The summed E-state index contributed by atoms with van der Waals surface area (Å²) in [7, 11) is 1.82. The number of ether oxygens (including phenoxy) is 1. The summed E-state index contributed by atoms with van der Waals surface area (Å²) in [6, 6.07) is 0.0820. The minimum Gasteiger partial charge on any atom is -0.375 e. The molecule has 1 rings (SSSR count). The van der Waals surface area contributed by atoms with Crippen LogP contribution in [0, 0.1) is 0 Å². The van der Waals surface area contributed by atoms with Crippen molar-refractivity contribution in [2.24, 2.45) is 5.73 Å². The number of nitrogens with zero attached hydrogens (tertiary/aromatic N) is 2. The number of carbonyl (C=O) groups excluding carboxylic acids is 1. The molecular weight excluding hydrogens is 194 g/mol. The van der Waals surface area contributed by atoms with E-state index in [1.54, 1.807) is 4.90 Å². The fraction of sp³-hybridized carbons (Fsp3) is 0.900. The van der Waals surface area contributed by atoms with Crippen LogP contribution in [0.3, 0.4) is 0 Å². The summed E-state index contributed by atoms with van der Waals surface area (Å²) in [5.74, 6) is 0. The van der Waals surface area contributed by atoms with Crippen molar-refractivity contribution >= 4 is 6.03 Å². The van der Waals surface area contributed by atoms with Gasteiger partial charge in [0.1, 0.15) is 0 Å². The molecule has 15 heavy (non-hydrogen) atoms. The highest BCUT2D eigenvalue weighted by molar-refractivity contribution is 5.74. The Morgan fingerprint density at radius 2 is 2.40 bits per heavy atom. The number of carbonyl (C=O) groups is 1. The molecule has 5 heteroatoms. The summed E-state index contributed by atoms with van der Waals surface area (Å²) in [6.45, 7) is 5.34. The molecule has 0 aliphatic carbocycles. The minimum atomic E-state index is 0.0820. The normalized spacial score (nSPS) is 21.5. The van der Waals surface area contributed by atoms with E-state index in [4.69, 9.17) is 10.5 Å². The van der Waals surface area contributed by atoms with Crippen molar-refractivity contribution in [1.29, 1.82) is 0 Å². The third kappa shape index (κ3) is 3.68. The van der Waals surface area contributed by atoms with Gasteiger partial charge < -0.3 is 20.3 Å². The first kappa shape index (κ1) is 12.3. The molecule has 1 aliphatic rings. The molecule has 0 bridgehead atoms. The highest BCUT2D eigenvalue weighted by Crippen LogP contribution is 2.07. The zero-order chi connectivity index (χ0) is 11.3. The first-order chi connectivity index (χ1) is 7.15. The van der Waals surface area contributed by atoms with Crippen LogP contribution >= 0.6 is 0 Å². The molecule has 1 atom stereocenters. The Morgan fingerprint density at radius 3 is 3.00 bits per heavy atom. The Hall–Kier alpha value is -0.810. The number of hydrogen-bond acceptors (Lipinski definition) is 3. The van der Waals surface area contributed by atoms with Crippen LogP contribution in [-0.2, 0) is 4.74 Å². The van der Waals surface area contributed by atoms with E-state index < -0.39 is 0 Å². The van der Waals surface area contributed by atoms with Crippen LogP contribution in [-0.4, -0.2) is 61.8 Å². The van der Waals surface area contributed by atoms with Gasteiger partial charge in [0, 0.05) is 26.7 Å². The second kappa shape index (κ2) is 5.92. The van der Waals surface area contributed by atoms with Gasteiger partial charge in [0.25, 0.3) is 0 Å². The lowest BCUT2D eigenvalue weighted by atomic mass is 10.3. The number of hydrogen-bond donors (Lipinski definition) is 1. The molecule has 2 amide bonds. The van der Waals surface area contributed by atoms with Crippen LogP contribution in [0.15, 0.2) is 0 Å². The van der Waals surface area contributed by atoms with E-state index >= 15 is 0 Å². The van der Waals surface area contributed by atoms with E-state index in [2.05, 4.69) is 0 Å². The number of morpholine rings is 1. The molecular formula is C10H21N3O2. The van der Waals surface area contributed by atoms with Crippen LogP contribution < -0.4 is 5.73 Å².